The van der Waals surface area contributed by atoms with Crippen LogP contribution in [0.25, 0.3) is 0 Å². The van der Waals surface area contributed by atoms with Gasteiger partial charge in [-0.15, -0.1) is 11.3 Å². The van der Waals surface area contributed by atoms with E-state index in [-0.39, 0.29) is 6.10 Å². The van der Waals surface area contributed by atoms with Crippen molar-refractivity contribution in [2.75, 3.05) is 0 Å². The molecule has 0 amide bonds. The second kappa shape index (κ2) is 5.87. The Labute approximate surface area is 129 Å². The van der Waals surface area contributed by atoms with Crippen LogP contribution in [0.4, 0.5) is 0 Å². The third kappa shape index (κ3) is 3.62. The first-order valence-corrected chi connectivity index (χ1v) is 8.84. The van der Waals surface area contributed by atoms with Gasteiger partial charge < -0.3 is 5.11 Å². The fourth-order valence-electron chi connectivity index (χ4n) is 3.22. The van der Waals surface area contributed by atoms with E-state index in [0.29, 0.717) is 11.3 Å². The maximum absolute atomic E-state index is 10.6. The predicted molar refractivity (Wildman–Crippen MR) is 86.6 cm³/mol. The second-order valence-corrected chi connectivity index (χ2v) is 9.13. The van der Waals surface area contributed by atoms with Gasteiger partial charge in [0.25, 0.3) is 0 Å². The molecule has 0 bridgehead atoms. The molecule has 2 rings (SSSR count). The summed E-state index contributed by atoms with van der Waals surface area (Å²) in [7, 11) is 0. The van der Waals surface area contributed by atoms with E-state index in [1.165, 1.54) is 17.7 Å². The predicted octanol–water partition coefficient (Wildman–Crippen LogP) is 5.70. The number of rotatable bonds is 2. The Bertz CT molecular complexity index is 424. The van der Waals surface area contributed by atoms with Crippen molar-refractivity contribution in [2.45, 2.75) is 59.5 Å². The molecule has 1 aliphatic carbocycles. The Balaban J connectivity index is 2.00. The molecule has 0 radical (unpaired) electrons. The van der Waals surface area contributed by atoms with Gasteiger partial charge in [0, 0.05) is 14.2 Å². The minimum atomic E-state index is -0.283. The lowest BCUT2D eigenvalue weighted by atomic mass is 9.69. The molecule has 0 aromatic carbocycles. The summed E-state index contributed by atoms with van der Waals surface area (Å²) >= 11 is 5.30. The van der Waals surface area contributed by atoms with Crippen LogP contribution in [0.3, 0.4) is 0 Å². The third-order valence-corrected chi connectivity index (χ3v) is 6.59. The largest absolute Gasteiger partial charge is 0.387 e. The van der Waals surface area contributed by atoms with Gasteiger partial charge in [0.1, 0.15) is 0 Å². The zero-order valence-electron chi connectivity index (χ0n) is 12.4. The van der Waals surface area contributed by atoms with E-state index in [1.807, 2.05) is 0 Å². The minimum absolute atomic E-state index is 0.283. The van der Waals surface area contributed by atoms with Gasteiger partial charge in [-0.1, -0.05) is 20.8 Å². The molecule has 108 valence electrons. The molecule has 3 heteroatoms. The molecule has 1 aromatic rings. The van der Waals surface area contributed by atoms with E-state index >= 15 is 0 Å². The normalized spacial score (nSPS) is 26.4. The van der Waals surface area contributed by atoms with Crippen LogP contribution in [0.1, 0.15) is 62.3 Å². The molecule has 0 saturated heterocycles. The van der Waals surface area contributed by atoms with Gasteiger partial charge in [0.05, 0.1) is 6.10 Å². The van der Waals surface area contributed by atoms with Crippen LogP contribution in [0.15, 0.2) is 10.5 Å². The van der Waals surface area contributed by atoms with Gasteiger partial charge in [0.2, 0.25) is 0 Å². The van der Waals surface area contributed by atoms with Crippen LogP contribution in [-0.2, 0) is 0 Å². The zero-order valence-corrected chi connectivity index (χ0v) is 14.8. The van der Waals surface area contributed by atoms with E-state index in [0.717, 1.165) is 28.1 Å². The average Bonchev–Trinajstić information content (AvgIpc) is 2.66. The quantitative estimate of drug-likeness (QED) is 0.728. The molecule has 1 N–H and O–H groups in total. The number of halogens is 1. The topological polar surface area (TPSA) is 20.2 Å². The fraction of sp³-hybridized carbons (Fsp3) is 0.750. The molecule has 1 atom stereocenters. The van der Waals surface area contributed by atoms with E-state index < -0.39 is 0 Å². The summed E-state index contributed by atoms with van der Waals surface area (Å²) in [4.78, 5) is 2.39. The van der Waals surface area contributed by atoms with Crippen molar-refractivity contribution in [2.24, 2.45) is 17.3 Å². The van der Waals surface area contributed by atoms with Crippen molar-refractivity contribution in [1.82, 2.24) is 0 Å². The Morgan fingerprint density at radius 3 is 2.26 bits per heavy atom. The van der Waals surface area contributed by atoms with Crippen molar-refractivity contribution in [3.8, 4) is 0 Å². The average molecular weight is 345 g/mol. The molecule has 1 saturated carbocycles. The van der Waals surface area contributed by atoms with Gasteiger partial charge >= 0.3 is 0 Å². The van der Waals surface area contributed by atoms with Crippen molar-refractivity contribution >= 4 is 27.3 Å². The number of hydrogen-bond acceptors (Lipinski definition) is 2. The van der Waals surface area contributed by atoms with Crippen LogP contribution >= 0.6 is 27.3 Å². The lowest BCUT2D eigenvalue weighted by Crippen LogP contribution is -2.28. The molecule has 0 aliphatic heterocycles. The van der Waals surface area contributed by atoms with Crippen LogP contribution < -0.4 is 0 Å². The summed E-state index contributed by atoms with van der Waals surface area (Å²) in [5, 5.41) is 10.6. The van der Waals surface area contributed by atoms with E-state index in [2.05, 4.69) is 49.7 Å². The Morgan fingerprint density at radius 1 is 1.26 bits per heavy atom. The van der Waals surface area contributed by atoms with Gasteiger partial charge in [-0.25, -0.2) is 0 Å². The second-order valence-electron chi connectivity index (χ2n) is 6.99. The fourth-order valence-corrected chi connectivity index (χ4v) is 5.18. The number of thiophene rings is 1. The van der Waals surface area contributed by atoms with Crippen molar-refractivity contribution < 1.29 is 5.11 Å². The molecule has 19 heavy (non-hydrogen) atoms. The van der Waals surface area contributed by atoms with Crippen LogP contribution in [0.5, 0.6) is 0 Å². The molecule has 1 aromatic heterocycles. The molecule has 1 unspecified atom stereocenters. The summed E-state index contributed by atoms with van der Waals surface area (Å²) in [5.41, 5.74) is 0.413. The summed E-state index contributed by atoms with van der Waals surface area (Å²) in [6.45, 7) is 9.12. The minimum Gasteiger partial charge on any atom is -0.387 e. The highest BCUT2D eigenvalue weighted by atomic mass is 79.9. The lowest BCUT2D eigenvalue weighted by molar-refractivity contribution is 0.0546. The van der Waals surface area contributed by atoms with Gasteiger partial charge in [0.15, 0.2) is 0 Å². The standard InChI is InChI=1S/C16H25BrOS/c1-10-9-13(17)15(19-10)14(18)11-5-7-12(8-6-11)16(2,3)4/h9,11-12,14,18H,5-8H2,1-4H3. The third-order valence-electron chi connectivity index (χ3n) is 4.55. The highest BCUT2D eigenvalue weighted by Gasteiger charge is 2.33. The van der Waals surface area contributed by atoms with Crippen molar-refractivity contribution in [1.29, 1.82) is 0 Å². The van der Waals surface area contributed by atoms with Crippen molar-refractivity contribution in [3.63, 3.8) is 0 Å². The van der Waals surface area contributed by atoms with E-state index in [1.54, 1.807) is 11.3 Å². The Morgan fingerprint density at radius 2 is 1.84 bits per heavy atom. The van der Waals surface area contributed by atoms with Crippen LogP contribution in [0, 0.1) is 24.2 Å². The van der Waals surface area contributed by atoms with Gasteiger partial charge in [-0.3, -0.25) is 0 Å². The first-order valence-electron chi connectivity index (χ1n) is 7.23. The molecule has 1 aliphatic rings. The monoisotopic (exact) mass is 344 g/mol. The lowest BCUT2D eigenvalue weighted by Gasteiger charge is -2.38. The zero-order chi connectivity index (χ0) is 14.2. The van der Waals surface area contributed by atoms with Gasteiger partial charge in [-0.05, 0) is 71.9 Å². The molecule has 0 spiro atoms. The van der Waals surface area contributed by atoms with E-state index in [9.17, 15) is 5.11 Å². The maximum atomic E-state index is 10.6. The Hall–Kier alpha value is 0.140. The summed E-state index contributed by atoms with van der Waals surface area (Å²) in [5.74, 6) is 1.25. The molecule has 1 fully saturated rings. The summed E-state index contributed by atoms with van der Waals surface area (Å²) in [6.07, 6.45) is 4.55. The maximum Gasteiger partial charge on any atom is 0.0921 e. The van der Waals surface area contributed by atoms with E-state index in [4.69, 9.17) is 0 Å². The smallest absolute Gasteiger partial charge is 0.0921 e. The van der Waals surface area contributed by atoms with Crippen molar-refractivity contribution in [3.05, 3.63) is 20.3 Å². The number of aliphatic hydroxyl groups excluding tert-OH is 1. The van der Waals surface area contributed by atoms with Gasteiger partial charge in [-0.2, -0.15) is 0 Å². The van der Waals surface area contributed by atoms with Crippen LogP contribution in [-0.4, -0.2) is 5.11 Å². The molecular weight excluding hydrogens is 320 g/mol. The number of aliphatic hydroxyl groups is 1. The molecular formula is C16H25BrOS. The highest BCUT2D eigenvalue weighted by Crippen LogP contribution is 2.45. The molecule has 1 heterocycles. The summed E-state index contributed by atoms with van der Waals surface area (Å²) < 4.78 is 1.08. The number of hydrogen-bond donors (Lipinski definition) is 1. The number of aryl methyl sites for hydroxylation is 1. The summed E-state index contributed by atoms with van der Waals surface area (Å²) in [6, 6.07) is 2.12. The van der Waals surface area contributed by atoms with Crippen LogP contribution in [0.2, 0.25) is 0 Å². The Kier molecular flexibility index (Phi) is 4.79. The highest BCUT2D eigenvalue weighted by molar-refractivity contribution is 9.10. The first-order chi connectivity index (χ1) is 8.79. The SMILES string of the molecule is Cc1cc(Br)c(C(O)C2CCC(C(C)(C)C)CC2)s1. The first kappa shape index (κ1) is 15.5. The molecule has 1 nitrogen and oxygen atoms in total.